The number of aromatic nitrogens is 3. The highest BCUT2D eigenvalue weighted by molar-refractivity contribution is 6.06. The highest BCUT2D eigenvalue weighted by Gasteiger charge is 2.16. The lowest BCUT2D eigenvalue weighted by Crippen LogP contribution is -2.10. The second-order valence-corrected chi connectivity index (χ2v) is 7.99. The van der Waals surface area contributed by atoms with Crippen LogP contribution in [-0.2, 0) is 23.1 Å². The van der Waals surface area contributed by atoms with Gasteiger partial charge in [-0.2, -0.15) is 5.10 Å². The topological polar surface area (TPSA) is 84.3 Å². The lowest BCUT2D eigenvalue weighted by atomic mass is 10.1. The summed E-state index contributed by atoms with van der Waals surface area (Å²) in [6.07, 6.45) is 6.83. The molecule has 8 heteroatoms. The normalized spacial score (nSPS) is 15.4. The van der Waals surface area contributed by atoms with Crippen LogP contribution in [0.3, 0.4) is 0 Å². The Morgan fingerprint density at radius 1 is 1.21 bits per heavy atom. The van der Waals surface area contributed by atoms with Gasteiger partial charge in [0, 0.05) is 50.7 Å². The standard InChI is InChI=1S/C20H17FN4O.C5H10O2/c1-24-11-15(9-23-24)14-7-5-13(6-8-14)10-25-12-16(20(22)26)19-17(21)3-2-4-18(19)25;1-6-5-2-3-7-4-5/h2-9,11-12H,10H2,1H3,(H2,22,26);5H,2-4H2,1H3. The number of primary amides is 1. The zero-order valence-electron chi connectivity index (χ0n) is 18.7. The van der Waals surface area contributed by atoms with Crippen LogP contribution in [0.15, 0.2) is 61.1 Å². The largest absolute Gasteiger partial charge is 0.379 e. The number of carbonyl (C=O) groups is 1. The van der Waals surface area contributed by atoms with Gasteiger partial charge in [0.05, 0.1) is 30.0 Å². The van der Waals surface area contributed by atoms with Gasteiger partial charge < -0.3 is 19.8 Å². The molecule has 7 nitrogen and oxygen atoms in total. The van der Waals surface area contributed by atoms with Crippen molar-refractivity contribution in [3.05, 3.63) is 78.0 Å². The molecule has 172 valence electrons. The van der Waals surface area contributed by atoms with Crippen molar-refractivity contribution >= 4 is 16.8 Å². The summed E-state index contributed by atoms with van der Waals surface area (Å²) < 4.78 is 27.8. The molecule has 4 aromatic rings. The van der Waals surface area contributed by atoms with E-state index in [1.807, 2.05) is 48.3 Å². The summed E-state index contributed by atoms with van der Waals surface area (Å²) in [5.74, 6) is -1.08. The van der Waals surface area contributed by atoms with Crippen molar-refractivity contribution in [2.24, 2.45) is 12.8 Å². The van der Waals surface area contributed by atoms with E-state index in [1.165, 1.54) is 6.07 Å². The fraction of sp³-hybridized carbons (Fsp3) is 0.280. The maximum atomic E-state index is 14.2. The molecule has 0 aliphatic carbocycles. The summed E-state index contributed by atoms with van der Waals surface area (Å²) >= 11 is 0. The van der Waals surface area contributed by atoms with E-state index >= 15 is 0 Å². The van der Waals surface area contributed by atoms with Gasteiger partial charge in [-0.3, -0.25) is 9.48 Å². The molecular formula is C25H27FN4O3. The summed E-state index contributed by atoms with van der Waals surface area (Å²) in [7, 11) is 3.60. The Hall–Kier alpha value is -3.49. The molecule has 1 fully saturated rings. The summed E-state index contributed by atoms with van der Waals surface area (Å²) in [6, 6.07) is 12.8. The van der Waals surface area contributed by atoms with Gasteiger partial charge in [-0.25, -0.2) is 4.39 Å². The number of fused-ring (bicyclic) bond motifs is 1. The minimum atomic E-state index is -0.634. The molecule has 1 amide bonds. The molecule has 0 spiro atoms. The molecule has 0 bridgehead atoms. The fourth-order valence-electron chi connectivity index (χ4n) is 3.89. The number of aryl methyl sites for hydroxylation is 1. The van der Waals surface area contributed by atoms with Crippen molar-refractivity contribution in [1.82, 2.24) is 14.3 Å². The second kappa shape index (κ2) is 9.97. The van der Waals surface area contributed by atoms with Crippen molar-refractivity contribution in [3.8, 4) is 11.1 Å². The van der Waals surface area contributed by atoms with E-state index in [0.29, 0.717) is 18.2 Å². The number of amides is 1. The molecule has 1 aliphatic heterocycles. The number of benzene rings is 2. The summed E-state index contributed by atoms with van der Waals surface area (Å²) in [5.41, 5.74) is 9.42. The molecule has 33 heavy (non-hydrogen) atoms. The molecule has 1 unspecified atom stereocenters. The van der Waals surface area contributed by atoms with Crippen molar-refractivity contribution in [2.75, 3.05) is 20.3 Å². The first-order valence-corrected chi connectivity index (χ1v) is 10.7. The number of hydrogen-bond donors (Lipinski definition) is 1. The Morgan fingerprint density at radius 2 is 2.00 bits per heavy atom. The monoisotopic (exact) mass is 450 g/mol. The predicted octanol–water partition coefficient (Wildman–Crippen LogP) is 3.75. The van der Waals surface area contributed by atoms with Crippen LogP contribution in [-0.4, -0.2) is 46.7 Å². The van der Waals surface area contributed by atoms with Gasteiger partial charge in [-0.15, -0.1) is 0 Å². The first kappa shape index (κ1) is 22.7. The molecule has 2 aromatic carbocycles. The highest BCUT2D eigenvalue weighted by Crippen LogP contribution is 2.26. The average Bonchev–Trinajstić information content (AvgIpc) is 3.56. The van der Waals surface area contributed by atoms with Crippen LogP contribution >= 0.6 is 0 Å². The molecule has 1 aliphatic rings. The number of halogens is 1. The van der Waals surface area contributed by atoms with E-state index in [2.05, 4.69) is 5.10 Å². The summed E-state index contributed by atoms with van der Waals surface area (Å²) in [5, 5.41) is 4.45. The number of methoxy groups -OCH3 is 1. The smallest absolute Gasteiger partial charge is 0.250 e. The highest BCUT2D eigenvalue weighted by atomic mass is 19.1. The van der Waals surface area contributed by atoms with E-state index in [0.717, 1.165) is 36.3 Å². The van der Waals surface area contributed by atoms with Gasteiger partial charge >= 0.3 is 0 Å². The van der Waals surface area contributed by atoms with Crippen LogP contribution in [0.4, 0.5) is 4.39 Å². The van der Waals surface area contributed by atoms with Gasteiger partial charge in [-0.1, -0.05) is 30.3 Å². The van der Waals surface area contributed by atoms with Gasteiger partial charge in [0.15, 0.2) is 0 Å². The van der Waals surface area contributed by atoms with E-state index in [-0.39, 0.29) is 10.9 Å². The van der Waals surface area contributed by atoms with Crippen LogP contribution in [0.2, 0.25) is 0 Å². The molecule has 0 saturated carbocycles. The Morgan fingerprint density at radius 3 is 2.58 bits per heavy atom. The van der Waals surface area contributed by atoms with Gasteiger partial charge in [0.2, 0.25) is 0 Å². The van der Waals surface area contributed by atoms with Crippen LogP contribution in [0.1, 0.15) is 22.3 Å². The number of carbonyl (C=O) groups excluding carboxylic acids is 1. The van der Waals surface area contributed by atoms with E-state index in [9.17, 15) is 9.18 Å². The van der Waals surface area contributed by atoms with Crippen molar-refractivity contribution in [2.45, 2.75) is 19.1 Å². The molecule has 3 heterocycles. The molecule has 1 atom stereocenters. The third-order valence-electron chi connectivity index (χ3n) is 5.69. The van der Waals surface area contributed by atoms with Crippen molar-refractivity contribution in [1.29, 1.82) is 0 Å². The molecule has 2 aromatic heterocycles. The van der Waals surface area contributed by atoms with E-state index < -0.39 is 11.7 Å². The van der Waals surface area contributed by atoms with Gasteiger partial charge in [0.1, 0.15) is 5.82 Å². The average molecular weight is 451 g/mol. The first-order chi connectivity index (χ1) is 16.0. The SMILES string of the molecule is COC1CCOC1.Cn1cc(-c2ccc(Cn3cc(C(N)=O)c4c(F)cccc43)cc2)cn1. The Kier molecular flexibility index (Phi) is 6.86. The predicted molar refractivity (Wildman–Crippen MR) is 124 cm³/mol. The summed E-state index contributed by atoms with van der Waals surface area (Å²) in [4.78, 5) is 11.7. The first-order valence-electron chi connectivity index (χ1n) is 10.7. The number of hydrogen-bond acceptors (Lipinski definition) is 4. The zero-order valence-corrected chi connectivity index (χ0v) is 18.7. The Labute approximate surface area is 191 Å². The zero-order chi connectivity index (χ0) is 23.4. The third kappa shape index (κ3) is 5.13. The number of nitrogens with two attached hydrogens (primary N) is 1. The number of rotatable bonds is 5. The van der Waals surface area contributed by atoms with Gasteiger partial charge in [-0.05, 0) is 29.7 Å². The lowest BCUT2D eigenvalue weighted by molar-refractivity contribution is 0.0822. The maximum Gasteiger partial charge on any atom is 0.250 e. The Balaban J connectivity index is 0.000000318. The molecule has 1 saturated heterocycles. The number of nitrogens with zero attached hydrogens (tertiary/aromatic N) is 3. The Bertz CT molecular complexity index is 1240. The van der Waals surface area contributed by atoms with Crippen LogP contribution in [0, 0.1) is 5.82 Å². The van der Waals surface area contributed by atoms with Crippen LogP contribution in [0.25, 0.3) is 22.0 Å². The maximum absolute atomic E-state index is 14.2. The van der Waals surface area contributed by atoms with Crippen LogP contribution in [0.5, 0.6) is 0 Å². The van der Waals surface area contributed by atoms with Crippen molar-refractivity contribution in [3.63, 3.8) is 0 Å². The molecular weight excluding hydrogens is 423 g/mol. The van der Waals surface area contributed by atoms with E-state index in [4.69, 9.17) is 15.2 Å². The minimum Gasteiger partial charge on any atom is -0.379 e. The minimum absolute atomic E-state index is 0.199. The third-order valence-corrected chi connectivity index (χ3v) is 5.69. The molecule has 0 radical (unpaired) electrons. The summed E-state index contributed by atoms with van der Waals surface area (Å²) in [6.45, 7) is 2.18. The number of ether oxygens (including phenoxy) is 2. The lowest BCUT2D eigenvalue weighted by Gasteiger charge is -2.07. The van der Waals surface area contributed by atoms with Crippen molar-refractivity contribution < 1.29 is 18.7 Å². The second-order valence-electron chi connectivity index (χ2n) is 7.99. The quantitative estimate of drug-likeness (QED) is 0.502. The molecule has 2 N–H and O–H groups in total. The van der Waals surface area contributed by atoms with Crippen LogP contribution < -0.4 is 5.73 Å². The van der Waals surface area contributed by atoms with Gasteiger partial charge in [0.25, 0.3) is 5.91 Å². The molecule has 5 rings (SSSR count). The fourth-order valence-corrected chi connectivity index (χ4v) is 3.89. The van der Waals surface area contributed by atoms with E-state index in [1.54, 1.807) is 30.1 Å².